The van der Waals surface area contributed by atoms with E-state index in [2.05, 4.69) is 38.8 Å². The van der Waals surface area contributed by atoms with Crippen molar-refractivity contribution in [1.29, 1.82) is 21.2 Å². The first kappa shape index (κ1) is 22.0. The molecule has 0 aliphatic heterocycles. The van der Waals surface area contributed by atoms with Gasteiger partial charge in [0.1, 0.15) is 29.4 Å². The maximum atomic E-state index is 9.20. The number of nitrogens with zero attached hydrogens (tertiary/aromatic N) is 3. The summed E-state index contributed by atoms with van der Waals surface area (Å²) in [4.78, 5) is 0. The van der Waals surface area contributed by atoms with Crippen LogP contribution in [0.15, 0.2) is 60.7 Å². The predicted octanol–water partition coefficient (Wildman–Crippen LogP) is 4.21. The average Bonchev–Trinajstić information content (AvgIpc) is 2.79. The Bertz CT molecular complexity index is 1450. The zero-order valence-corrected chi connectivity index (χ0v) is 18.1. The molecule has 4 nitrogen and oxygen atoms in total. The van der Waals surface area contributed by atoms with Crippen LogP contribution in [-0.2, 0) is 0 Å². The Morgan fingerprint density at radius 1 is 0.688 bits per heavy atom. The topological polar surface area (TPSA) is 95.2 Å². The lowest BCUT2D eigenvalue weighted by molar-refractivity contribution is 1.28. The summed E-state index contributed by atoms with van der Waals surface area (Å²) in [5, 5.41) is 36.4. The second kappa shape index (κ2) is 9.42. The lowest BCUT2D eigenvalue weighted by Crippen LogP contribution is -2.14. The van der Waals surface area contributed by atoms with Gasteiger partial charge in [0.25, 0.3) is 0 Å². The molecule has 0 unspecified atom stereocenters. The van der Waals surface area contributed by atoms with Crippen molar-refractivity contribution >= 4 is 22.6 Å². The van der Waals surface area contributed by atoms with Crippen LogP contribution < -0.4 is 10.4 Å². The molecule has 0 atom stereocenters. The van der Waals surface area contributed by atoms with Crippen LogP contribution in [-0.4, -0.2) is 5.87 Å². The summed E-state index contributed by atoms with van der Waals surface area (Å²) in [7, 11) is 0. The van der Waals surface area contributed by atoms with Crippen LogP contribution in [0.25, 0.3) is 16.7 Å². The predicted molar refractivity (Wildman–Crippen MR) is 126 cm³/mol. The number of nitriles is 3. The lowest BCUT2D eigenvalue weighted by atomic mass is 9.87. The third-order valence-electron chi connectivity index (χ3n) is 5.31. The van der Waals surface area contributed by atoms with Crippen molar-refractivity contribution in [2.24, 2.45) is 0 Å². The van der Waals surface area contributed by atoms with E-state index >= 15 is 0 Å². The minimum atomic E-state index is 0.0765. The number of hydrogen-bond donors (Lipinski definition) is 1. The van der Waals surface area contributed by atoms with Crippen LogP contribution in [0.5, 0.6) is 0 Å². The van der Waals surface area contributed by atoms with E-state index in [4.69, 9.17) is 15.9 Å². The molecule has 3 rings (SSSR count). The summed E-state index contributed by atoms with van der Waals surface area (Å²) >= 11 is 0. The van der Waals surface area contributed by atoms with Gasteiger partial charge >= 0.3 is 0 Å². The molecule has 0 radical (unpaired) electrons. The maximum Gasteiger partial charge on any atom is 0.136 e. The van der Waals surface area contributed by atoms with Crippen molar-refractivity contribution in [1.82, 2.24) is 0 Å². The molecule has 0 spiro atoms. The van der Waals surface area contributed by atoms with Crippen LogP contribution in [0.2, 0.25) is 0 Å². The molecule has 0 heterocycles. The zero-order valence-electron chi connectivity index (χ0n) is 18.1. The van der Waals surface area contributed by atoms with Crippen molar-refractivity contribution in [3.63, 3.8) is 0 Å². The molecule has 3 aromatic rings. The van der Waals surface area contributed by atoms with E-state index < -0.39 is 0 Å². The fourth-order valence-electron chi connectivity index (χ4n) is 3.96. The number of rotatable bonds is 3. The van der Waals surface area contributed by atoms with Crippen molar-refractivity contribution < 1.29 is 0 Å². The van der Waals surface area contributed by atoms with Gasteiger partial charge in [-0.2, -0.15) is 15.8 Å². The van der Waals surface area contributed by atoms with Gasteiger partial charge in [-0.1, -0.05) is 66.2 Å². The normalized spacial score (nSPS) is 9.62. The summed E-state index contributed by atoms with van der Waals surface area (Å²) in [5.74, 6) is 2.18. The molecule has 0 aliphatic rings. The Kier molecular flexibility index (Phi) is 6.48. The van der Waals surface area contributed by atoms with Crippen LogP contribution in [0.3, 0.4) is 0 Å². The molecule has 0 bridgehead atoms. The highest BCUT2D eigenvalue weighted by molar-refractivity contribution is 5.96. The van der Waals surface area contributed by atoms with Gasteiger partial charge in [0, 0.05) is 10.8 Å². The van der Waals surface area contributed by atoms with Crippen LogP contribution in [0.4, 0.5) is 0 Å². The lowest BCUT2D eigenvalue weighted by Gasteiger charge is -2.16. The molecule has 0 amide bonds. The average molecular weight is 412 g/mol. The van der Waals surface area contributed by atoms with E-state index in [0.29, 0.717) is 10.8 Å². The summed E-state index contributed by atoms with van der Waals surface area (Å²) in [6.07, 6.45) is 0. The zero-order chi connectivity index (χ0) is 23.3. The van der Waals surface area contributed by atoms with Crippen molar-refractivity contribution in [2.75, 3.05) is 0 Å². The molecule has 4 heteroatoms. The first-order valence-electron chi connectivity index (χ1n) is 9.97. The number of nitrogens with one attached hydrogen (secondary N) is 1. The molecule has 0 fully saturated rings. The highest BCUT2D eigenvalue weighted by atomic mass is 14.3. The van der Waals surface area contributed by atoms with Crippen LogP contribution in [0.1, 0.15) is 33.4 Å². The van der Waals surface area contributed by atoms with Crippen LogP contribution in [0, 0.1) is 60.2 Å². The minimum absolute atomic E-state index is 0.0765. The van der Waals surface area contributed by atoms with Crippen molar-refractivity contribution in [3.05, 3.63) is 104 Å². The van der Waals surface area contributed by atoms with Gasteiger partial charge in [-0.25, -0.2) is 0 Å². The highest BCUT2D eigenvalue weighted by Gasteiger charge is 2.13. The van der Waals surface area contributed by atoms with E-state index in [1.165, 1.54) is 5.56 Å². The summed E-state index contributed by atoms with van der Waals surface area (Å²) < 4.78 is 0. The van der Waals surface area contributed by atoms with E-state index in [-0.39, 0.29) is 11.1 Å². The van der Waals surface area contributed by atoms with Gasteiger partial charge in [-0.3, -0.25) is 5.41 Å². The SMILES string of the molecule is Cc1cc(C)c(C(c2ccc(C(=C=N)C#N)cc2)=c2ccc(=C(C#N)C#N)cc2)c(C)c1. The monoisotopic (exact) mass is 412 g/mol. The number of benzene rings is 3. The number of allylic oxidation sites excluding steroid dienone is 1. The second-order valence-corrected chi connectivity index (χ2v) is 7.51. The quantitative estimate of drug-likeness (QED) is 0.515. The van der Waals surface area contributed by atoms with Gasteiger partial charge in [0.2, 0.25) is 0 Å². The van der Waals surface area contributed by atoms with Crippen molar-refractivity contribution in [3.8, 4) is 18.2 Å². The molecular weight excluding hydrogens is 392 g/mol. The highest BCUT2D eigenvalue weighted by Crippen LogP contribution is 2.29. The van der Waals surface area contributed by atoms with E-state index in [0.717, 1.165) is 33.0 Å². The molecular formula is C28H20N4. The Hall–Kier alpha value is -4.68. The Labute approximate surface area is 187 Å². The maximum absolute atomic E-state index is 9.20. The smallest absolute Gasteiger partial charge is 0.136 e. The molecule has 3 aromatic carbocycles. The molecule has 32 heavy (non-hydrogen) atoms. The fourth-order valence-corrected chi connectivity index (χ4v) is 3.96. The largest absolute Gasteiger partial charge is 0.258 e. The van der Waals surface area contributed by atoms with Gasteiger partial charge in [0.05, 0.1) is 0 Å². The van der Waals surface area contributed by atoms with Crippen molar-refractivity contribution in [2.45, 2.75) is 20.8 Å². The van der Waals surface area contributed by atoms with Crippen LogP contribution >= 0.6 is 0 Å². The summed E-state index contributed by atoms with van der Waals surface area (Å²) in [5.41, 5.74) is 7.46. The number of aryl methyl sites for hydroxylation is 3. The molecule has 0 aromatic heterocycles. The molecule has 0 aliphatic carbocycles. The standard InChI is InChI=1S/C28H20N4/c1-18-12-19(2)27(20(3)13-18)28(23-8-4-21(5-9-23)25(14-29)15-30)24-10-6-22(7-11-24)26(16-31)17-32/h4-13,29H,1-3H3. The molecule has 0 saturated carbocycles. The second-order valence-electron chi connectivity index (χ2n) is 7.51. The molecule has 0 saturated heterocycles. The molecule has 152 valence electrons. The fraction of sp³-hybridized carbons (Fsp3) is 0.107. The first-order chi connectivity index (χ1) is 15.4. The Morgan fingerprint density at radius 2 is 1.19 bits per heavy atom. The summed E-state index contributed by atoms with van der Waals surface area (Å²) in [6, 6.07) is 25.1. The van der Waals surface area contributed by atoms with E-state index in [9.17, 15) is 5.26 Å². The Morgan fingerprint density at radius 3 is 1.66 bits per heavy atom. The van der Waals surface area contributed by atoms with Gasteiger partial charge in [-0.15, -0.1) is 0 Å². The van der Waals surface area contributed by atoms with E-state index in [1.54, 1.807) is 12.1 Å². The summed E-state index contributed by atoms with van der Waals surface area (Å²) in [6.45, 7) is 6.24. The molecule has 1 N–H and O–H groups in total. The first-order valence-corrected chi connectivity index (χ1v) is 9.97. The third kappa shape index (κ3) is 4.26. The number of hydrogen-bond acceptors (Lipinski definition) is 4. The van der Waals surface area contributed by atoms with E-state index in [1.807, 2.05) is 54.6 Å². The Balaban J connectivity index is 2.38. The van der Waals surface area contributed by atoms with Gasteiger partial charge in [-0.05, 0) is 59.7 Å². The van der Waals surface area contributed by atoms with Gasteiger partial charge in [0.15, 0.2) is 0 Å². The third-order valence-corrected chi connectivity index (χ3v) is 5.31. The minimum Gasteiger partial charge on any atom is -0.258 e. The van der Waals surface area contributed by atoms with Gasteiger partial charge < -0.3 is 0 Å².